The van der Waals surface area contributed by atoms with Gasteiger partial charge in [-0.05, 0) is 30.7 Å². The third kappa shape index (κ3) is 3.93. The molecule has 0 fully saturated rings. The Morgan fingerprint density at radius 3 is 2.15 bits per heavy atom. The third-order valence-corrected chi connectivity index (χ3v) is 4.59. The molecule has 1 atom stereocenters. The average Bonchev–Trinajstić information content (AvgIpc) is 2.70. The van der Waals surface area contributed by atoms with E-state index in [0.717, 1.165) is 12.1 Å². The summed E-state index contributed by atoms with van der Waals surface area (Å²) >= 11 is -0.807. The Bertz CT molecular complexity index is 621. The van der Waals surface area contributed by atoms with Crippen molar-refractivity contribution in [2.45, 2.75) is 18.0 Å². The summed E-state index contributed by atoms with van der Waals surface area (Å²) in [4.78, 5) is 1.64. The summed E-state index contributed by atoms with van der Waals surface area (Å²) in [5.41, 5.74) is -0.117. The fourth-order valence-electron chi connectivity index (χ4n) is 1.60. The zero-order valence-corrected chi connectivity index (χ0v) is 14.3. The quantitative estimate of drug-likeness (QED) is 0.669. The fraction of sp³-hybridized carbons (Fsp3) is 0.167. The number of alkyl halides is 3. The molecule has 1 unspecified atom stereocenters. The number of hydrogen-bond acceptors (Lipinski definition) is 2. The summed E-state index contributed by atoms with van der Waals surface area (Å²) in [6.07, 6.45) is -4.36. The van der Waals surface area contributed by atoms with Gasteiger partial charge in [-0.2, -0.15) is 13.2 Å². The first-order chi connectivity index (χ1) is 8.79. The maximum atomic E-state index is 12.4. The summed E-state index contributed by atoms with van der Waals surface area (Å²) in [5, 5.41) is 0. The molecule has 0 aliphatic heterocycles. The maximum absolute atomic E-state index is 12.4. The van der Waals surface area contributed by atoms with Gasteiger partial charge >= 0.3 is 6.18 Å². The number of thiophene rings is 1. The van der Waals surface area contributed by atoms with Crippen LogP contribution in [0.4, 0.5) is 13.2 Å². The SMILES string of the molecule is Cc1sc(-c2ccc(C(F)(F)F)cc2)cc1S(=O)O.[Na]. The van der Waals surface area contributed by atoms with Crippen LogP contribution in [0.1, 0.15) is 10.4 Å². The van der Waals surface area contributed by atoms with Gasteiger partial charge in [0, 0.05) is 39.3 Å². The minimum absolute atomic E-state index is 0. The molecule has 1 N–H and O–H groups in total. The molecule has 1 aromatic heterocycles. The van der Waals surface area contributed by atoms with E-state index in [0.29, 0.717) is 20.2 Å². The van der Waals surface area contributed by atoms with Crippen LogP contribution in [0.5, 0.6) is 0 Å². The van der Waals surface area contributed by atoms with Gasteiger partial charge in [0.1, 0.15) is 0 Å². The molecule has 0 bridgehead atoms. The summed E-state index contributed by atoms with van der Waals surface area (Å²) in [7, 11) is 0. The van der Waals surface area contributed by atoms with E-state index < -0.39 is 22.8 Å². The zero-order valence-electron chi connectivity index (χ0n) is 10.7. The molecule has 2 nitrogen and oxygen atoms in total. The van der Waals surface area contributed by atoms with E-state index in [-0.39, 0.29) is 29.6 Å². The molecule has 1 aromatic carbocycles. The molecule has 0 aliphatic rings. The summed E-state index contributed by atoms with van der Waals surface area (Å²) in [5.74, 6) is 0. The largest absolute Gasteiger partial charge is 0.416 e. The Hall–Kier alpha value is -0.180. The minimum atomic E-state index is -4.36. The zero-order chi connectivity index (χ0) is 14.2. The molecule has 2 rings (SSSR count). The van der Waals surface area contributed by atoms with Crippen molar-refractivity contribution in [2.75, 3.05) is 0 Å². The molecule has 0 aliphatic carbocycles. The number of halogens is 3. The van der Waals surface area contributed by atoms with Crippen LogP contribution in [0.15, 0.2) is 35.2 Å². The van der Waals surface area contributed by atoms with Crippen molar-refractivity contribution in [1.29, 1.82) is 0 Å². The number of rotatable bonds is 2. The van der Waals surface area contributed by atoms with Crippen molar-refractivity contribution in [1.82, 2.24) is 0 Å². The van der Waals surface area contributed by atoms with Gasteiger partial charge in [0.25, 0.3) is 0 Å². The average molecular weight is 329 g/mol. The van der Waals surface area contributed by atoms with Crippen LogP contribution in [-0.2, 0) is 17.3 Å². The monoisotopic (exact) mass is 329 g/mol. The first-order valence-electron chi connectivity index (χ1n) is 5.18. The minimum Gasteiger partial charge on any atom is -0.302 e. The van der Waals surface area contributed by atoms with E-state index in [1.807, 2.05) is 0 Å². The van der Waals surface area contributed by atoms with E-state index in [1.54, 1.807) is 6.92 Å². The van der Waals surface area contributed by atoms with Crippen LogP contribution in [0.3, 0.4) is 0 Å². The van der Waals surface area contributed by atoms with Gasteiger partial charge in [-0.3, -0.25) is 0 Å². The Morgan fingerprint density at radius 2 is 1.75 bits per heavy atom. The van der Waals surface area contributed by atoms with Crippen molar-refractivity contribution in [3.8, 4) is 10.4 Å². The van der Waals surface area contributed by atoms with E-state index in [2.05, 4.69) is 0 Å². The molecule has 1 heterocycles. The Kier molecular flexibility index (Phi) is 6.01. The second-order valence-corrected chi connectivity index (χ2v) is 6.05. The molecule has 0 saturated carbocycles. The molecule has 1 radical (unpaired) electrons. The van der Waals surface area contributed by atoms with E-state index in [9.17, 15) is 17.4 Å². The predicted octanol–water partition coefficient (Wildman–Crippen LogP) is 3.94. The second-order valence-electron chi connectivity index (χ2n) is 3.86. The van der Waals surface area contributed by atoms with Gasteiger partial charge in [0.05, 0.1) is 10.5 Å². The maximum Gasteiger partial charge on any atom is 0.416 e. The first-order valence-corrected chi connectivity index (χ1v) is 7.10. The first kappa shape index (κ1) is 17.9. The topological polar surface area (TPSA) is 37.3 Å². The van der Waals surface area contributed by atoms with E-state index >= 15 is 0 Å². The van der Waals surface area contributed by atoms with Gasteiger partial charge in [-0.15, -0.1) is 11.3 Å². The second kappa shape index (κ2) is 6.72. The van der Waals surface area contributed by atoms with Crippen molar-refractivity contribution in [2.24, 2.45) is 0 Å². The number of benzene rings is 1. The van der Waals surface area contributed by atoms with Crippen molar-refractivity contribution >= 4 is 52.0 Å². The van der Waals surface area contributed by atoms with Gasteiger partial charge < -0.3 is 4.55 Å². The van der Waals surface area contributed by atoms with Crippen LogP contribution in [0, 0.1) is 6.92 Å². The van der Waals surface area contributed by atoms with Crippen LogP contribution in [0.2, 0.25) is 0 Å². The van der Waals surface area contributed by atoms with Gasteiger partial charge in [-0.25, -0.2) is 4.21 Å². The Morgan fingerprint density at radius 1 is 1.20 bits per heavy atom. The van der Waals surface area contributed by atoms with Crippen LogP contribution >= 0.6 is 11.3 Å². The summed E-state index contributed by atoms with van der Waals surface area (Å²) in [6, 6.07) is 6.25. The molecule has 2 aromatic rings. The van der Waals surface area contributed by atoms with Crippen molar-refractivity contribution < 1.29 is 21.9 Å². The van der Waals surface area contributed by atoms with Crippen molar-refractivity contribution in [3.63, 3.8) is 0 Å². The van der Waals surface area contributed by atoms with Crippen LogP contribution in [0.25, 0.3) is 10.4 Å². The third-order valence-electron chi connectivity index (χ3n) is 2.56. The molecule has 0 saturated heterocycles. The number of hydrogen-bond donors (Lipinski definition) is 1. The molecule has 20 heavy (non-hydrogen) atoms. The fourth-order valence-corrected chi connectivity index (χ4v) is 3.40. The molecule has 8 heteroatoms. The van der Waals surface area contributed by atoms with Crippen LogP contribution in [-0.4, -0.2) is 38.3 Å². The number of aryl methyl sites for hydroxylation is 1. The molecular weight excluding hydrogens is 320 g/mol. The van der Waals surface area contributed by atoms with E-state index in [1.165, 1.54) is 29.5 Å². The van der Waals surface area contributed by atoms with E-state index in [4.69, 9.17) is 4.55 Å². The predicted molar refractivity (Wildman–Crippen MR) is 74.3 cm³/mol. The standard InChI is InChI=1S/C12H9F3O2S2.Na/c1-7-11(19(16)17)6-10(18-7)8-2-4-9(5-3-8)12(13,14)15;/h2-6H,1H3,(H,16,17);. The molecule has 103 valence electrons. The van der Waals surface area contributed by atoms with Gasteiger partial charge in [0.2, 0.25) is 0 Å². The normalized spacial score (nSPS) is 12.8. The van der Waals surface area contributed by atoms with Crippen molar-refractivity contribution in [3.05, 3.63) is 40.8 Å². The summed E-state index contributed by atoms with van der Waals surface area (Å²) in [6.45, 7) is 1.70. The molecular formula is C12H9F3NaO2S2. The Labute approximate surface area is 142 Å². The van der Waals surface area contributed by atoms with Gasteiger partial charge in [-0.1, -0.05) is 12.1 Å². The smallest absolute Gasteiger partial charge is 0.302 e. The Balaban J connectivity index is 0.00000200. The molecule has 0 amide bonds. The van der Waals surface area contributed by atoms with Crippen LogP contribution < -0.4 is 0 Å². The summed E-state index contributed by atoms with van der Waals surface area (Å²) < 4.78 is 57.3. The molecule has 0 spiro atoms. The van der Waals surface area contributed by atoms with Gasteiger partial charge in [0.15, 0.2) is 11.1 Å².